The van der Waals surface area contributed by atoms with E-state index < -0.39 is 17.5 Å². The van der Waals surface area contributed by atoms with Crippen molar-refractivity contribution in [3.63, 3.8) is 0 Å². The van der Waals surface area contributed by atoms with E-state index in [4.69, 9.17) is 5.73 Å². The lowest BCUT2D eigenvalue weighted by molar-refractivity contribution is 0.447. The molecule has 7 heteroatoms. The zero-order valence-corrected chi connectivity index (χ0v) is 7.99. The zero-order chi connectivity index (χ0) is 11.0. The standard InChI is InChI=1S/C8H4F3N3S/c9-4-1-3(2-5(10)6(4)11)7-13-14-8(12)15-7/h1-2H,(H2,12,14). The Bertz CT molecular complexity index is 489. The molecule has 1 heterocycles. The third-order valence-electron chi connectivity index (χ3n) is 1.67. The second kappa shape index (κ2) is 3.50. The molecule has 0 spiro atoms. The summed E-state index contributed by atoms with van der Waals surface area (Å²) in [6, 6.07) is 1.69. The fourth-order valence-corrected chi connectivity index (χ4v) is 1.63. The van der Waals surface area contributed by atoms with Crippen LogP contribution in [0.5, 0.6) is 0 Å². The van der Waals surface area contributed by atoms with Gasteiger partial charge in [-0.25, -0.2) is 13.2 Å². The normalized spacial score (nSPS) is 10.6. The third kappa shape index (κ3) is 1.78. The summed E-state index contributed by atoms with van der Waals surface area (Å²) < 4.78 is 38.3. The van der Waals surface area contributed by atoms with Crippen molar-refractivity contribution in [2.24, 2.45) is 0 Å². The van der Waals surface area contributed by atoms with E-state index in [-0.39, 0.29) is 15.7 Å². The predicted molar refractivity (Wildman–Crippen MR) is 49.6 cm³/mol. The summed E-state index contributed by atoms with van der Waals surface area (Å²) in [4.78, 5) is 0. The first kappa shape index (κ1) is 9.91. The average molecular weight is 231 g/mol. The van der Waals surface area contributed by atoms with Gasteiger partial charge < -0.3 is 5.73 Å². The fourth-order valence-electron chi connectivity index (χ4n) is 1.03. The number of hydrogen-bond donors (Lipinski definition) is 1. The molecule has 1 aromatic carbocycles. The molecule has 1 aromatic heterocycles. The lowest BCUT2D eigenvalue weighted by atomic mass is 10.2. The number of nitrogens with zero attached hydrogens (tertiary/aromatic N) is 2. The minimum absolute atomic E-state index is 0.112. The Morgan fingerprint density at radius 3 is 2.13 bits per heavy atom. The summed E-state index contributed by atoms with van der Waals surface area (Å²) in [6.07, 6.45) is 0. The monoisotopic (exact) mass is 231 g/mol. The van der Waals surface area contributed by atoms with Gasteiger partial charge in [0.1, 0.15) is 5.01 Å². The maximum Gasteiger partial charge on any atom is 0.203 e. The number of anilines is 1. The van der Waals surface area contributed by atoms with Crippen molar-refractivity contribution in [1.29, 1.82) is 0 Å². The number of halogens is 3. The number of nitrogens with two attached hydrogens (primary N) is 1. The lowest BCUT2D eigenvalue weighted by Gasteiger charge is -1.98. The van der Waals surface area contributed by atoms with Gasteiger partial charge in [0.25, 0.3) is 0 Å². The van der Waals surface area contributed by atoms with Crippen LogP contribution >= 0.6 is 11.3 Å². The summed E-state index contributed by atoms with van der Waals surface area (Å²) in [5, 5.41) is 7.49. The highest BCUT2D eigenvalue weighted by atomic mass is 32.1. The maximum atomic E-state index is 12.8. The molecule has 2 N–H and O–H groups in total. The summed E-state index contributed by atoms with van der Waals surface area (Å²) >= 11 is 0.964. The van der Waals surface area contributed by atoms with Crippen LogP contribution in [0.15, 0.2) is 12.1 Å². The molecule has 0 saturated heterocycles. The Morgan fingerprint density at radius 2 is 1.67 bits per heavy atom. The first-order chi connectivity index (χ1) is 7.08. The number of hydrogen-bond acceptors (Lipinski definition) is 4. The van der Waals surface area contributed by atoms with Crippen molar-refractivity contribution >= 4 is 16.5 Å². The molecule has 0 bridgehead atoms. The van der Waals surface area contributed by atoms with Gasteiger partial charge in [-0.1, -0.05) is 11.3 Å². The topological polar surface area (TPSA) is 51.8 Å². The maximum absolute atomic E-state index is 12.8. The number of aromatic nitrogens is 2. The highest BCUT2D eigenvalue weighted by molar-refractivity contribution is 7.18. The summed E-state index contributed by atoms with van der Waals surface area (Å²) in [5.41, 5.74) is 5.42. The van der Waals surface area contributed by atoms with Crippen molar-refractivity contribution in [3.8, 4) is 10.6 Å². The van der Waals surface area contributed by atoms with Gasteiger partial charge >= 0.3 is 0 Å². The first-order valence-electron chi connectivity index (χ1n) is 3.82. The molecule has 2 aromatic rings. The molecule has 78 valence electrons. The highest BCUT2D eigenvalue weighted by Gasteiger charge is 2.13. The van der Waals surface area contributed by atoms with Crippen molar-refractivity contribution in [2.45, 2.75) is 0 Å². The first-order valence-corrected chi connectivity index (χ1v) is 4.63. The Kier molecular flexibility index (Phi) is 2.31. The summed E-state index contributed by atoms with van der Waals surface area (Å²) in [5.74, 6) is -4.03. The van der Waals surface area contributed by atoms with E-state index in [9.17, 15) is 13.2 Å². The van der Waals surface area contributed by atoms with Crippen molar-refractivity contribution in [3.05, 3.63) is 29.6 Å². The minimum Gasteiger partial charge on any atom is -0.374 e. The number of nitrogen functional groups attached to an aromatic ring is 1. The number of benzene rings is 1. The molecule has 0 amide bonds. The Hall–Kier alpha value is -1.63. The van der Waals surface area contributed by atoms with Crippen molar-refractivity contribution in [2.75, 3.05) is 5.73 Å². The molecule has 3 nitrogen and oxygen atoms in total. The summed E-state index contributed by atoms with van der Waals surface area (Å²) in [6.45, 7) is 0. The minimum atomic E-state index is -1.50. The van der Waals surface area contributed by atoms with Gasteiger partial charge in [-0.2, -0.15) is 0 Å². The molecule has 0 saturated carbocycles. The van der Waals surface area contributed by atoms with Crippen LogP contribution in [-0.2, 0) is 0 Å². The van der Waals surface area contributed by atoms with Gasteiger partial charge in [0.2, 0.25) is 5.13 Å². The predicted octanol–water partition coefficient (Wildman–Crippen LogP) is 2.20. The quantitative estimate of drug-likeness (QED) is 0.765. The van der Waals surface area contributed by atoms with Gasteiger partial charge in [0.15, 0.2) is 17.5 Å². The van der Waals surface area contributed by atoms with E-state index in [0.29, 0.717) is 0 Å². The van der Waals surface area contributed by atoms with E-state index in [1.54, 1.807) is 0 Å². The van der Waals surface area contributed by atoms with Gasteiger partial charge in [0.05, 0.1) is 0 Å². The van der Waals surface area contributed by atoms with E-state index in [1.165, 1.54) is 0 Å². The average Bonchev–Trinajstić information content (AvgIpc) is 2.60. The second-order valence-corrected chi connectivity index (χ2v) is 3.71. The molecule has 15 heavy (non-hydrogen) atoms. The largest absolute Gasteiger partial charge is 0.374 e. The molecule has 2 rings (SSSR count). The van der Waals surface area contributed by atoms with Crippen LogP contribution in [-0.4, -0.2) is 10.2 Å². The Balaban J connectivity index is 2.55. The Morgan fingerprint density at radius 1 is 1.07 bits per heavy atom. The smallest absolute Gasteiger partial charge is 0.203 e. The van der Waals surface area contributed by atoms with Crippen LogP contribution in [0.1, 0.15) is 0 Å². The number of rotatable bonds is 1. The molecule has 0 aliphatic rings. The van der Waals surface area contributed by atoms with E-state index in [0.717, 1.165) is 23.5 Å². The third-order valence-corrected chi connectivity index (χ3v) is 2.47. The van der Waals surface area contributed by atoms with Crippen LogP contribution < -0.4 is 5.73 Å². The van der Waals surface area contributed by atoms with Crippen molar-refractivity contribution < 1.29 is 13.2 Å². The van der Waals surface area contributed by atoms with Crippen molar-refractivity contribution in [1.82, 2.24) is 10.2 Å². The second-order valence-electron chi connectivity index (χ2n) is 2.70. The van der Waals surface area contributed by atoms with E-state index in [1.807, 2.05) is 0 Å². The summed E-state index contributed by atoms with van der Waals surface area (Å²) in [7, 11) is 0. The van der Waals surface area contributed by atoms with Crippen LogP contribution in [0.3, 0.4) is 0 Å². The van der Waals surface area contributed by atoms with Crippen LogP contribution in [0.4, 0.5) is 18.3 Å². The van der Waals surface area contributed by atoms with Crippen LogP contribution in [0.2, 0.25) is 0 Å². The molecule has 0 unspecified atom stereocenters. The van der Waals surface area contributed by atoms with E-state index in [2.05, 4.69) is 10.2 Å². The SMILES string of the molecule is Nc1nnc(-c2cc(F)c(F)c(F)c2)s1. The molecular formula is C8H4F3N3S. The van der Waals surface area contributed by atoms with Gasteiger partial charge in [-0.15, -0.1) is 10.2 Å². The van der Waals surface area contributed by atoms with E-state index >= 15 is 0 Å². The van der Waals surface area contributed by atoms with Crippen LogP contribution in [0.25, 0.3) is 10.6 Å². The molecule has 0 atom stereocenters. The molecule has 0 aliphatic carbocycles. The van der Waals surface area contributed by atoms with Gasteiger partial charge in [0, 0.05) is 5.56 Å². The molecule has 0 aliphatic heterocycles. The Labute approximate surface area is 86.4 Å². The fraction of sp³-hybridized carbons (Fsp3) is 0. The molecule has 0 fully saturated rings. The van der Waals surface area contributed by atoms with Gasteiger partial charge in [-0.05, 0) is 12.1 Å². The lowest BCUT2D eigenvalue weighted by Crippen LogP contribution is -1.91. The molecular weight excluding hydrogens is 227 g/mol. The highest BCUT2D eigenvalue weighted by Crippen LogP contribution is 2.27. The van der Waals surface area contributed by atoms with Gasteiger partial charge in [-0.3, -0.25) is 0 Å². The van der Waals surface area contributed by atoms with Crippen LogP contribution in [0, 0.1) is 17.5 Å². The molecule has 0 radical (unpaired) electrons. The zero-order valence-electron chi connectivity index (χ0n) is 7.17.